The number of carboxylic acid groups (broad SMARTS) is 1. The van der Waals surface area contributed by atoms with Crippen LogP contribution < -0.4 is 10.1 Å². The number of carboxylic acids is 1. The molecule has 25 heavy (non-hydrogen) atoms. The maximum absolute atomic E-state index is 12.6. The van der Waals surface area contributed by atoms with Gasteiger partial charge in [0.25, 0.3) is 0 Å². The summed E-state index contributed by atoms with van der Waals surface area (Å²) in [4.78, 5) is 24.1. The Morgan fingerprint density at radius 3 is 2.60 bits per heavy atom. The van der Waals surface area contributed by atoms with E-state index in [0.717, 1.165) is 22.1 Å². The van der Waals surface area contributed by atoms with E-state index >= 15 is 0 Å². The number of benzene rings is 2. The molecule has 1 aliphatic rings. The minimum absolute atomic E-state index is 0.00168. The molecule has 0 bridgehead atoms. The molecule has 3 rings (SSSR count). The zero-order chi connectivity index (χ0) is 18.0. The molecule has 2 aromatic rings. The molecule has 1 saturated heterocycles. The lowest BCUT2D eigenvalue weighted by Crippen LogP contribution is -2.56. The van der Waals surface area contributed by atoms with E-state index in [1.54, 1.807) is 14.0 Å². The van der Waals surface area contributed by atoms with Crippen LogP contribution in [0.25, 0.3) is 10.8 Å². The molecule has 2 N–H and O–H groups in total. The number of rotatable bonds is 5. The molecule has 0 spiro atoms. The molecule has 6 heteroatoms. The normalized spacial score (nSPS) is 21.0. The second-order valence-corrected chi connectivity index (χ2v) is 6.37. The standard InChI is InChI=1S/C19H21NO5/c1-12(17(21)20-19(18(22)23)7-8-25-11-19)13-3-4-15-10-16(24-2)6-5-14(15)9-13/h3-6,9-10,12H,7-8,11H2,1-2H3,(H,20,21)(H,22,23)/t12-,19?/m0/s1. The predicted octanol–water partition coefficient (Wildman–Crippen LogP) is 2.31. The highest BCUT2D eigenvalue weighted by atomic mass is 16.5. The van der Waals surface area contributed by atoms with Crippen molar-refractivity contribution in [1.29, 1.82) is 0 Å². The fourth-order valence-corrected chi connectivity index (χ4v) is 3.02. The lowest BCUT2D eigenvalue weighted by atomic mass is 9.93. The van der Waals surface area contributed by atoms with E-state index in [1.165, 1.54) is 0 Å². The maximum atomic E-state index is 12.6. The number of fused-ring (bicyclic) bond motifs is 1. The Kier molecular flexibility index (Phi) is 4.63. The molecule has 1 amide bonds. The van der Waals surface area contributed by atoms with E-state index in [4.69, 9.17) is 9.47 Å². The van der Waals surface area contributed by atoms with Crippen LogP contribution in [0, 0.1) is 0 Å². The van der Waals surface area contributed by atoms with E-state index in [1.807, 2.05) is 36.4 Å². The number of nitrogens with one attached hydrogen (secondary N) is 1. The fourth-order valence-electron chi connectivity index (χ4n) is 3.02. The van der Waals surface area contributed by atoms with Crippen LogP contribution in [0.3, 0.4) is 0 Å². The van der Waals surface area contributed by atoms with E-state index < -0.39 is 17.4 Å². The highest BCUT2D eigenvalue weighted by Gasteiger charge is 2.44. The number of aliphatic carboxylic acids is 1. The first-order chi connectivity index (χ1) is 11.9. The monoisotopic (exact) mass is 343 g/mol. The highest BCUT2D eigenvalue weighted by molar-refractivity contribution is 5.92. The molecule has 1 aliphatic heterocycles. The van der Waals surface area contributed by atoms with Crippen LogP contribution in [0.4, 0.5) is 0 Å². The van der Waals surface area contributed by atoms with Crippen LogP contribution in [0.15, 0.2) is 36.4 Å². The second kappa shape index (κ2) is 6.72. The number of carbonyl (C=O) groups is 2. The zero-order valence-corrected chi connectivity index (χ0v) is 14.2. The number of hydrogen-bond acceptors (Lipinski definition) is 4. The zero-order valence-electron chi connectivity index (χ0n) is 14.2. The SMILES string of the molecule is COc1ccc2cc([C@H](C)C(=O)NC3(C(=O)O)CCOC3)ccc2c1. The van der Waals surface area contributed by atoms with Crippen molar-refractivity contribution in [1.82, 2.24) is 5.32 Å². The first-order valence-corrected chi connectivity index (χ1v) is 8.16. The van der Waals surface area contributed by atoms with Gasteiger partial charge in [-0.25, -0.2) is 4.79 Å². The Bertz CT molecular complexity index is 811. The lowest BCUT2D eigenvalue weighted by Gasteiger charge is -2.25. The van der Waals surface area contributed by atoms with Gasteiger partial charge in [-0.3, -0.25) is 4.79 Å². The van der Waals surface area contributed by atoms with Gasteiger partial charge >= 0.3 is 5.97 Å². The summed E-state index contributed by atoms with van der Waals surface area (Å²) in [7, 11) is 1.62. The highest BCUT2D eigenvalue weighted by Crippen LogP contribution is 2.26. The molecule has 0 aliphatic carbocycles. The maximum Gasteiger partial charge on any atom is 0.331 e. The van der Waals surface area contributed by atoms with Crippen molar-refractivity contribution < 1.29 is 24.2 Å². The van der Waals surface area contributed by atoms with E-state index in [2.05, 4.69) is 5.32 Å². The Morgan fingerprint density at radius 1 is 1.24 bits per heavy atom. The van der Waals surface area contributed by atoms with Crippen LogP contribution >= 0.6 is 0 Å². The van der Waals surface area contributed by atoms with E-state index in [9.17, 15) is 14.7 Å². The first kappa shape index (κ1) is 17.2. The molecule has 0 aromatic heterocycles. The van der Waals surface area contributed by atoms with Gasteiger partial charge < -0.3 is 19.9 Å². The Balaban J connectivity index is 1.82. The largest absolute Gasteiger partial charge is 0.497 e. The van der Waals surface area contributed by atoms with Gasteiger partial charge in [-0.1, -0.05) is 24.3 Å². The molecule has 2 aromatic carbocycles. The topological polar surface area (TPSA) is 84.9 Å². The number of amides is 1. The Hall–Kier alpha value is -2.60. The molecule has 1 fully saturated rings. The summed E-state index contributed by atoms with van der Waals surface area (Å²) in [6, 6.07) is 11.5. The Morgan fingerprint density at radius 2 is 1.96 bits per heavy atom. The minimum atomic E-state index is -1.32. The summed E-state index contributed by atoms with van der Waals surface area (Å²) in [6.45, 7) is 2.10. The average Bonchev–Trinajstić information content (AvgIpc) is 3.10. The van der Waals surface area contributed by atoms with Gasteiger partial charge in [0.2, 0.25) is 5.91 Å². The van der Waals surface area contributed by atoms with Gasteiger partial charge in [0.1, 0.15) is 5.75 Å². The van der Waals surface area contributed by atoms with Crippen LogP contribution in [-0.4, -0.2) is 42.8 Å². The van der Waals surface area contributed by atoms with Gasteiger partial charge in [0.05, 0.1) is 19.6 Å². The minimum Gasteiger partial charge on any atom is -0.497 e. The molecular weight excluding hydrogens is 322 g/mol. The Labute approximate surface area is 145 Å². The first-order valence-electron chi connectivity index (χ1n) is 8.16. The van der Waals surface area contributed by atoms with Gasteiger partial charge in [0.15, 0.2) is 5.54 Å². The van der Waals surface area contributed by atoms with Crippen LogP contribution in [-0.2, 0) is 14.3 Å². The lowest BCUT2D eigenvalue weighted by molar-refractivity contribution is -0.147. The summed E-state index contributed by atoms with van der Waals surface area (Å²) in [6.07, 6.45) is 0.276. The summed E-state index contributed by atoms with van der Waals surface area (Å²) in [5, 5.41) is 14.1. The van der Waals surface area contributed by atoms with Gasteiger partial charge in [-0.15, -0.1) is 0 Å². The molecule has 1 unspecified atom stereocenters. The number of ether oxygens (including phenoxy) is 2. The van der Waals surface area contributed by atoms with Gasteiger partial charge in [-0.05, 0) is 35.4 Å². The molecule has 0 saturated carbocycles. The quantitative estimate of drug-likeness (QED) is 0.870. The average molecular weight is 343 g/mol. The molecule has 132 valence electrons. The van der Waals surface area contributed by atoms with E-state index in [-0.39, 0.29) is 18.9 Å². The van der Waals surface area contributed by atoms with Gasteiger partial charge in [-0.2, -0.15) is 0 Å². The number of methoxy groups -OCH3 is 1. The van der Waals surface area contributed by atoms with Gasteiger partial charge in [0, 0.05) is 13.0 Å². The third-order valence-corrected chi connectivity index (χ3v) is 4.76. The van der Waals surface area contributed by atoms with Crippen molar-refractivity contribution in [3.05, 3.63) is 42.0 Å². The van der Waals surface area contributed by atoms with Crippen LogP contribution in [0.5, 0.6) is 5.75 Å². The molecular formula is C19H21NO5. The molecule has 1 heterocycles. The molecule has 2 atom stereocenters. The smallest absolute Gasteiger partial charge is 0.331 e. The fraction of sp³-hybridized carbons (Fsp3) is 0.368. The van der Waals surface area contributed by atoms with Crippen molar-refractivity contribution in [2.45, 2.75) is 24.8 Å². The van der Waals surface area contributed by atoms with Crippen molar-refractivity contribution in [2.24, 2.45) is 0 Å². The molecule has 0 radical (unpaired) electrons. The van der Waals surface area contributed by atoms with Crippen LogP contribution in [0.1, 0.15) is 24.8 Å². The second-order valence-electron chi connectivity index (χ2n) is 6.37. The summed E-state index contributed by atoms with van der Waals surface area (Å²) in [5.41, 5.74) is -0.495. The molecule has 6 nitrogen and oxygen atoms in total. The summed E-state index contributed by atoms with van der Waals surface area (Å²) >= 11 is 0. The third kappa shape index (κ3) is 3.30. The van der Waals surface area contributed by atoms with Crippen molar-refractivity contribution in [3.63, 3.8) is 0 Å². The predicted molar refractivity (Wildman–Crippen MR) is 92.9 cm³/mol. The van der Waals surface area contributed by atoms with Crippen molar-refractivity contribution in [3.8, 4) is 5.75 Å². The number of hydrogen-bond donors (Lipinski definition) is 2. The van der Waals surface area contributed by atoms with Crippen molar-refractivity contribution in [2.75, 3.05) is 20.3 Å². The van der Waals surface area contributed by atoms with E-state index in [0.29, 0.717) is 6.61 Å². The summed E-state index contributed by atoms with van der Waals surface area (Å²) in [5.74, 6) is -1.07. The van der Waals surface area contributed by atoms with Crippen molar-refractivity contribution >= 4 is 22.6 Å². The number of carbonyl (C=O) groups excluding carboxylic acids is 1. The van der Waals surface area contributed by atoms with Crippen LogP contribution in [0.2, 0.25) is 0 Å². The summed E-state index contributed by atoms with van der Waals surface area (Å²) < 4.78 is 10.4. The third-order valence-electron chi connectivity index (χ3n) is 4.76.